The standard InChI is InChI=1S/C23H25F3N6O2/c1-15-5-3-4-6-16(15)14-31-11-9-17(10-12-31)28-22(33)18-13-27-32(21(18)23(24,25)26)19-7-8-20(34-2)30-29-19/h3-8,13,17H,9-12,14H2,1-2H3,(H,28,33). The number of piperidine rings is 1. The number of methoxy groups -OCH3 is 1. The van der Waals surface area contributed by atoms with Crippen molar-refractivity contribution in [3.63, 3.8) is 0 Å². The van der Waals surface area contributed by atoms with Gasteiger partial charge in [0.2, 0.25) is 5.88 Å². The first-order chi connectivity index (χ1) is 16.3. The van der Waals surface area contributed by atoms with Crippen molar-refractivity contribution in [3.05, 3.63) is 65.0 Å². The first kappa shape index (κ1) is 23.7. The van der Waals surface area contributed by atoms with Crippen molar-refractivity contribution in [3.8, 4) is 11.7 Å². The molecule has 1 N–H and O–H groups in total. The van der Waals surface area contributed by atoms with E-state index < -0.39 is 23.3 Å². The highest BCUT2D eigenvalue weighted by Crippen LogP contribution is 2.33. The Bertz CT molecular complexity index is 1140. The summed E-state index contributed by atoms with van der Waals surface area (Å²) in [6.45, 7) is 4.36. The normalized spacial score (nSPS) is 15.3. The number of halogens is 3. The summed E-state index contributed by atoms with van der Waals surface area (Å²) in [4.78, 5) is 15.1. The summed E-state index contributed by atoms with van der Waals surface area (Å²) >= 11 is 0. The van der Waals surface area contributed by atoms with Gasteiger partial charge in [-0.05, 0) is 37.0 Å². The van der Waals surface area contributed by atoms with Crippen molar-refractivity contribution in [2.75, 3.05) is 20.2 Å². The van der Waals surface area contributed by atoms with Crippen LogP contribution < -0.4 is 10.1 Å². The lowest BCUT2D eigenvalue weighted by Crippen LogP contribution is -2.44. The molecule has 4 rings (SSSR count). The fourth-order valence-corrected chi connectivity index (χ4v) is 4.02. The van der Waals surface area contributed by atoms with E-state index in [2.05, 4.69) is 44.6 Å². The van der Waals surface area contributed by atoms with E-state index in [9.17, 15) is 18.0 Å². The smallest absolute Gasteiger partial charge is 0.434 e. The molecule has 2 aromatic heterocycles. The zero-order valence-electron chi connectivity index (χ0n) is 18.8. The van der Waals surface area contributed by atoms with Gasteiger partial charge in [-0.25, -0.2) is 4.68 Å². The minimum absolute atomic E-state index is 0.149. The highest BCUT2D eigenvalue weighted by Gasteiger charge is 2.41. The monoisotopic (exact) mass is 474 g/mol. The molecule has 11 heteroatoms. The number of alkyl halides is 3. The van der Waals surface area contributed by atoms with Gasteiger partial charge in [0.25, 0.3) is 5.91 Å². The third-order valence-corrected chi connectivity index (χ3v) is 5.91. The summed E-state index contributed by atoms with van der Waals surface area (Å²) in [5.41, 5.74) is 0.721. The first-order valence-corrected chi connectivity index (χ1v) is 10.9. The second-order valence-corrected chi connectivity index (χ2v) is 8.20. The van der Waals surface area contributed by atoms with E-state index >= 15 is 0 Å². The summed E-state index contributed by atoms with van der Waals surface area (Å²) in [6.07, 6.45) is -2.60. The summed E-state index contributed by atoms with van der Waals surface area (Å²) in [6, 6.07) is 10.6. The maximum atomic E-state index is 13.9. The van der Waals surface area contributed by atoms with Gasteiger partial charge < -0.3 is 10.1 Å². The summed E-state index contributed by atoms with van der Waals surface area (Å²) in [5, 5.41) is 13.9. The lowest BCUT2D eigenvalue weighted by Gasteiger charge is -2.32. The Balaban J connectivity index is 1.44. The van der Waals surface area contributed by atoms with Crippen molar-refractivity contribution in [1.29, 1.82) is 0 Å². The van der Waals surface area contributed by atoms with Crippen LogP contribution >= 0.6 is 0 Å². The molecule has 1 amide bonds. The van der Waals surface area contributed by atoms with E-state index in [1.165, 1.54) is 30.4 Å². The number of hydrogen-bond acceptors (Lipinski definition) is 6. The van der Waals surface area contributed by atoms with Gasteiger partial charge in [0.1, 0.15) is 0 Å². The number of amides is 1. The first-order valence-electron chi connectivity index (χ1n) is 10.9. The maximum Gasteiger partial charge on any atom is 0.434 e. The van der Waals surface area contributed by atoms with Crippen LogP contribution in [0.15, 0.2) is 42.6 Å². The number of carbonyl (C=O) groups excluding carboxylic acids is 1. The molecule has 1 saturated heterocycles. The Morgan fingerprint density at radius 3 is 2.50 bits per heavy atom. The predicted molar refractivity (Wildman–Crippen MR) is 118 cm³/mol. The van der Waals surface area contributed by atoms with E-state index in [1.54, 1.807) is 0 Å². The van der Waals surface area contributed by atoms with E-state index in [1.807, 2.05) is 12.1 Å². The minimum Gasteiger partial charge on any atom is -0.480 e. The lowest BCUT2D eigenvalue weighted by atomic mass is 10.0. The van der Waals surface area contributed by atoms with Crippen LogP contribution in [0, 0.1) is 6.92 Å². The average molecular weight is 474 g/mol. The van der Waals surface area contributed by atoms with Gasteiger partial charge in [-0.15, -0.1) is 10.2 Å². The topological polar surface area (TPSA) is 85.2 Å². The Hall–Kier alpha value is -3.47. The van der Waals surface area contributed by atoms with Crippen molar-refractivity contribution < 1.29 is 22.7 Å². The largest absolute Gasteiger partial charge is 0.480 e. The molecule has 0 atom stereocenters. The SMILES string of the molecule is COc1ccc(-n2ncc(C(=O)NC3CCN(Cc4ccccc4C)CC3)c2C(F)(F)F)nn1. The van der Waals surface area contributed by atoms with Crippen LogP contribution in [0.5, 0.6) is 5.88 Å². The number of rotatable bonds is 6. The second kappa shape index (κ2) is 9.80. The molecule has 3 aromatic rings. The molecular weight excluding hydrogens is 449 g/mol. The van der Waals surface area contributed by atoms with E-state index in [-0.39, 0.29) is 17.7 Å². The van der Waals surface area contributed by atoms with Crippen molar-refractivity contribution >= 4 is 5.91 Å². The van der Waals surface area contributed by atoms with Crippen LogP contribution in [-0.4, -0.2) is 57.0 Å². The number of carbonyl (C=O) groups is 1. The Morgan fingerprint density at radius 2 is 1.88 bits per heavy atom. The molecule has 1 aliphatic rings. The molecule has 0 spiro atoms. The number of nitrogens with zero attached hydrogens (tertiary/aromatic N) is 5. The molecule has 180 valence electrons. The quantitative estimate of drug-likeness (QED) is 0.590. The Kier molecular flexibility index (Phi) is 6.82. The lowest BCUT2D eigenvalue weighted by molar-refractivity contribution is -0.143. The highest BCUT2D eigenvalue weighted by atomic mass is 19.4. The Labute approximate surface area is 194 Å². The van der Waals surface area contributed by atoms with Gasteiger partial charge in [-0.3, -0.25) is 9.69 Å². The van der Waals surface area contributed by atoms with Crippen LogP contribution in [-0.2, 0) is 12.7 Å². The number of nitrogens with one attached hydrogen (secondary N) is 1. The molecule has 3 heterocycles. The number of aryl methyl sites for hydroxylation is 1. The predicted octanol–water partition coefficient (Wildman–Crippen LogP) is 3.39. The molecule has 0 radical (unpaired) electrons. The fourth-order valence-electron chi connectivity index (χ4n) is 4.02. The van der Waals surface area contributed by atoms with Crippen LogP contribution in [0.2, 0.25) is 0 Å². The molecule has 0 bridgehead atoms. The third kappa shape index (κ3) is 5.19. The molecule has 34 heavy (non-hydrogen) atoms. The van der Waals surface area contributed by atoms with Crippen molar-refractivity contribution in [2.24, 2.45) is 0 Å². The van der Waals surface area contributed by atoms with Gasteiger partial charge in [-0.2, -0.15) is 18.3 Å². The van der Waals surface area contributed by atoms with Gasteiger partial charge in [-0.1, -0.05) is 24.3 Å². The van der Waals surface area contributed by atoms with Gasteiger partial charge in [0, 0.05) is 31.7 Å². The Morgan fingerprint density at radius 1 is 1.15 bits per heavy atom. The molecule has 0 unspecified atom stereocenters. The summed E-state index contributed by atoms with van der Waals surface area (Å²) in [5.74, 6) is -0.828. The van der Waals surface area contributed by atoms with Crippen LogP contribution in [0.25, 0.3) is 5.82 Å². The third-order valence-electron chi connectivity index (χ3n) is 5.91. The highest BCUT2D eigenvalue weighted by molar-refractivity contribution is 5.95. The summed E-state index contributed by atoms with van der Waals surface area (Å²) in [7, 11) is 1.37. The number of ether oxygens (including phenoxy) is 1. The average Bonchev–Trinajstić information content (AvgIpc) is 3.28. The van der Waals surface area contributed by atoms with Gasteiger partial charge in [0.15, 0.2) is 11.5 Å². The summed E-state index contributed by atoms with van der Waals surface area (Å²) < 4.78 is 47.1. The van der Waals surface area contributed by atoms with E-state index in [4.69, 9.17) is 4.74 Å². The van der Waals surface area contributed by atoms with Crippen molar-refractivity contribution in [2.45, 2.75) is 38.5 Å². The van der Waals surface area contributed by atoms with Crippen molar-refractivity contribution in [1.82, 2.24) is 30.2 Å². The zero-order chi connectivity index (χ0) is 24.3. The van der Waals surface area contributed by atoms with Crippen LogP contribution in [0.4, 0.5) is 13.2 Å². The molecular formula is C23H25F3N6O2. The van der Waals surface area contributed by atoms with E-state index in [0.717, 1.165) is 25.8 Å². The molecule has 1 fully saturated rings. The number of likely N-dealkylation sites (tertiary alicyclic amines) is 1. The molecule has 1 aliphatic heterocycles. The fraction of sp³-hybridized carbons (Fsp3) is 0.391. The van der Waals surface area contributed by atoms with Crippen LogP contribution in [0.3, 0.4) is 0 Å². The number of benzene rings is 1. The zero-order valence-corrected chi connectivity index (χ0v) is 18.8. The molecule has 0 aliphatic carbocycles. The maximum absolute atomic E-state index is 13.9. The van der Waals surface area contributed by atoms with Gasteiger partial charge >= 0.3 is 6.18 Å². The molecule has 1 aromatic carbocycles. The van der Waals surface area contributed by atoms with E-state index in [0.29, 0.717) is 17.5 Å². The van der Waals surface area contributed by atoms with Gasteiger partial charge in [0.05, 0.1) is 18.9 Å². The minimum atomic E-state index is -4.82. The number of aromatic nitrogens is 4. The number of hydrogen-bond donors (Lipinski definition) is 1. The second-order valence-electron chi connectivity index (χ2n) is 8.20. The van der Waals surface area contributed by atoms with Crippen LogP contribution in [0.1, 0.15) is 40.0 Å². The molecule has 8 nitrogen and oxygen atoms in total. The molecule has 0 saturated carbocycles.